The standard InChI is InChI=1S/C23H26N2O2/c1-16(2)17-6-10-20(11-7-17)27-15-23(26)25(19-8-9-19)14-18-4-3-5-22-21(18)12-13-24-22/h3-7,10-13,16,19,24H,8-9,14-15H2,1-2H3. The Labute approximate surface area is 160 Å². The van der Waals surface area contributed by atoms with Gasteiger partial charge in [0.2, 0.25) is 0 Å². The Hall–Kier alpha value is -2.75. The Balaban J connectivity index is 1.43. The summed E-state index contributed by atoms with van der Waals surface area (Å²) < 4.78 is 5.77. The highest BCUT2D eigenvalue weighted by atomic mass is 16.5. The molecule has 0 atom stereocenters. The number of nitrogens with one attached hydrogen (secondary N) is 1. The van der Waals surface area contributed by atoms with E-state index in [1.807, 2.05) is 29.3 Å². The number of H-pyrrole nitrogens is 1. The van der Waals surface area contributed by atoms with Crippen molar-refractivity contribution in [2.75, 3.05) is 6.61 Å². The second-order valence-corrected chi connectivity index (χ2v) is 7.62. The van der Waals surface area contributed by atoms with Crippen LogP contribution in [0.2, 0.25) is 0 Å². The maximum Gasteiger partial charge on any atom is 0.261 e. The van der Waals surface area contributed by atoms with Crippen molar-refractivity contribution < 1.29 is 9.53 Å². The number of carbonyl (C=O) groups excluding carboxylic acids is 1. The summed E-state index contributed by atoms with van der Waals surface area (Å²) in [5, 5.41) is 1.18. The highest BCUT2D eigenvalue weighted by Crippen LogP contribution is 2.30. The molecule has 27 heavy (non-hydrogen) atoms. The van der Waals surface area contributed by atoms with Gasteiger partial charge in [0, 0.05) is 29.7 Å². The molecule has 4 rings (SSSR count). The third-order valence-corrected chi connectivity index (χ3v) is 5.24. The van der Waals surface area contributed by atoms with Crippen molar-refractivity contribution in [3.05, 3.63) is 65.9 Å². The van der Waals surface area contributed by atoms with E-state index in [2.05, 4.69) is 49.2 Å². The molecule has 140 valence electrons. The molecule has 1 aliphatic carbocycles. The second kappa shape index (κ2) is 7.47. The van der Waals surface area contributed by atoms with Crippen molar-refractivity contribution in [3.63, 3.8) is 0 Å². The number of aromatic nitrogens is 1. The molecule has 0 aliphatic heterocycles. The first-order chi connectivity index (χ1) is 13.1. The third kappa shape index (κ3) is 4.00. The van der Waals surface area contributed by atoms with Crippen molar-refractivity contribution in [1.29, 1.82) is 0 Å². The molecule has 0 unspecified atom stereocenters. The average molecular weight is 362 g/mol. The van der Waals surface area contributed by atoms with Crippen LogP contribution in [0.25, 0.3) is 10.9 Å². The number of nitrogens with zero attached hydrogens (tertiary/aromatic N) is 1. The van der Waals surface area contributed by atoms with E-state index in [0.29, 0.717) is 18.5 Å². The van der Waals surface area contributed by atoms with E-state index >= 15 is 0 Å². The van der Waals surface area contributed by atoms with Crippen LogP contribution in [0.5, 0.6) is 5.75 Å². The summed E-state index contributed by atoms with van der Waals surface area (Å²) in [6.07, 6.45) is 4.11. The van der Waals surface area contributed by atoms with E-state index in [1.54, 1.807) is 0 Å². The molecule has 2 aromatic carbocycles. The van der Waals surface area contributed by atoms with Gasteiger partial charge in [-0.3, -0.25) is 4.79 Å². The van der Waals surface area contributed by atoms with E-state index in [-0.39, 0.29) is 12.5 Å². The van der Waals surface area contributed by atoms with Crippen LogP contribution < -0.4 is 4.74 Å². The molecular weight excluding hydrogens is 336 g/mol. The minimum absolute atomic E-state index is 0.0537. The van der Waals surface area contributed by atoms with Crippen molar-refractivity contribution >= 4 is 16.8 Å². The Morgan fingerprint density at radius 1 is 1.15 bits per heavy atom. The Morgan fingerprint density at radius 2 is 1.93 bits per heavy atom. The van der Waals surface area contributed by atoms with E-state index in [9.17, 15) is 4.79 Å². The van der Waals surface area contributed by atoms with E-state index in [1.165, 1.54) is 16.5 Å². The molecule has 3 aromatic rings. The zero-order chi connectivity index (χ0) is 18.8. The van der Waals surface area contributed by atoms with Gasteiger partial charge in [0.1, 0.15) is 5.75 Å². The molecule has 0 radical (unpaired) electrons. The zero-order valence-electron chi connectivity index (χ0n) is 15.9. The first kappa shape index (κ1) is 17.7. The zero-order valence-corrected chi connectivity index (χ0v) is 15.9. The number of fused-ring (bicyclic) bond motifs is 1. The van der Waals surface area contributed by atoms with Gasteiger partial charge in [0.25, 0.3) is 5.91 Å². The summed E-state index contributed by atoms with van der Waals surface area (Å²) >= 11 is 0. The minimum atomic E-state index is 0.0537. The topological polar surface area (TPSA) is 45.3 Å². The number of carbonyl (C=O) groups is 1. The van der Waals surface area contributed by atoms with Crippen LogP contribution in [0.3, 0.4) is 0 Å². The number of hydrogen-bond donors (Lipinski definition) is 1. The molecule has 4 nitrogen and oxygen atoms in total. The maximum absolute atomic E-state index is 12.8. The van der Waals surface area contributed by atoms with Crippen LogP contribution in [-0.2, 0) is 11.3 Å². The van der Waals surface area contributed by atoms with Gasteiger partial charge >= 0.3 is 0 Å². The number of aromatic amines is 1. The van der Waals surface area contributed by atoms with Gasteiger partial charge in [-0.15, -0.1) is 0 Å². The number of rotatable bonds is 7. The van der Waals surface area contributed by atoms with Crippen LogP contribution in [0.15, 0.2) is 54.7 Å². The number of hydrogen-bond acceptors (Lipinski definition) is 2. The summed E-state index contributed by atoms with van der Waals surface area (Å²) in [6, 6.07) is 16.7. The van der Waals surface area contributed by atoms with Crippen LogP contribution in [0.4, 0.5) is 0 Å². The Morgan fingerprint density at radius 3 is 2.63 bits per heavy atom. The lowest BCUT2D eigenvalue weighted by atomic mass is 10.0. The predicted octanol–water partition coefficient (Wildman–Crippen LogP) is 4.86. The lowest BCUT2D eigenvalue weighted by Gasteiger charge is -2.23. The molecule has 1 amide bonds. The number of amides is 1. The summed E-state index contributed by atoms with van der Waals surface area (Å²) in [6.45, 7) is 5.05. The first-order valence-corrected chi connectivity index (χ1v) is 9.69. The minimum Gasteiger partial charge on any atom is -0.484 e. The molecule has 4 heteroatoms. The normalized spacial score (nSPS) is 13.9. The van der Waals surface area contributed by atoms with Gasteiger partial charge in [-0.25, -0.2) is 0 Å². The summed E-state index contributed by atoms with van der Waals surface area (Å²) in [7, 11) is 0. The highest BCUT2D eigenvalue weighted by molar-refractivity contribution is 5.84. The van der Waals surface area contributed by atoms with Gasteiger partial charge in [0.05, 0.1) is 0 Å². The largest absolute Gasteiger partial charge is 0.484 e. The quantitative estimate of drug-likeness (QED) is 0.652. The van der Waals surface area contributed by atoms with Gasteiger partial charge in [-0.2, -0.15) is 0 Å². The molecule has 1 saturated carbocycles. The van der Waals surface area contributed by atoms with Crippen molar-refractivity contribution in [2.45, 2.75) is 45.2 Å². The van der Waals surface area contributed by atoms with Gasteiger partial charge in [-0.05, 0) is 54.2 Å². The van der Waals surface area contributed by atoms with Crippen molar-refractivity contribution in [3.8, 4) is 5.75 Å². The summed E-state index contributed by atoms with van der Waals surface area (Å²) in [5.74, 6) is 1.29. The Kier molecular flexibility index (Phi) is 4.88. The fourth-order valence-electron chi connectivity index (χ4n) is 3.46. The van der Waals surface area contributed by atoms with E-state index in [0.717, 1.165) is 24.1 Å². The van der Waals surface area contributed by atoms with Crippen molar-refractivity contribution in [1.82, 2.24) is 9.88 Å². The number of ether oxygens (including phenoxy) is 1. The number of benzene rings is 2. The monoisotopic (exact) mass is 362 g/mol. The molecule has 1 heterocycles. The Bertz CT molecular complexity index is 923. The molecule has 1 aliphatic rings. The smallest absolute Gasteiger partial charge is 0.261 e. The fraction of sp³-hybridized carbons (Fsp3) is 0.348. The second-order valence-electron chi connectivity index (χ2n) is 7.62. The van der Waals surface area contributed by atoms with Crippen molar-refractivity contribution in [2.24, 2.45) is 0 Å². The first-order valence-electron chi connectivity index (χ1n) is 9.69. The van der Waals surface area contributed by atoms with Gasteiger partial charge < -0.3 is 14.6 Å². The molecule has 0 spiro atoms. The summed E-state index contributed by atoms with van der Waals surface area (Å²) in [5.41, 5.74) is 3.56. The maximum atomic E-state index is 12.8. The van der Waals surface area contributed by atoms with E-state index < -0.39 is 0 Å². The van der Waals surface area contributed by atoms with Gasteiger partial charge in [-0.1, -0.05) is 38.1 Å². The predicted molar refractivity (Wildman–Crippen MR) is 108 cm³/mol. The van der Waals surface area contributed by atoms with Crippen LogP contribution in [-0.4, -0.2) is 28.4 Å². The van der Waals surface area contributed by atoms with E-state index in [4.69, 9.17) is 4.74 Å². The SMILES string of the molecule is CC(C)c1ccc(OCC(=O)N(Cc2cccc3[nH]ccc23)C2CC2)cc1. The molecule has 1 aromatic heterocycles. The molecule has 1 fully saturated rings. The third-order valence-electron chi connectivity index (χ3n) is 5.24. The lowest BCUT2D eigenvalue weighted by molar-refractivity contribution is -0.134. The highest BCUT2D eigenvalue weighted by Gasteiger charge is 2.33. The summed E-state index contributed by atoms with van der Waals surface area (Å²) in [4.78, 5) is 18.1. The molecule has 1 N–H and O–H groups in total. The van der Waals surface area contributed by atoms with Crippen LogP contribution in [0.1, 0.15) is 43.7 Å². The molecule has 0 bridgehead atoms. The lowest BCUT2D eigenvalue weighted by Crippen LogP contribution is -2.36. The molecular formula is C23H26N2O2. The van der Waals surface area contributed by atoms with Crippen LogP contribution in [0, 0.1) is 0 Å². The van der Waals surface area contributed by atoms with Crippen LogP contribution >= 0.6 is 0 Å². The van der Waals surface area contributed by atoms with Gasteiger partial charge in [0.15, 0.2) is 6.61 Å². The fourth-order valence-corrected chi connectivity index (χ4v) is 3.46. The average Bonchev–Trinajstić information content (AvgIpc) is 3.40. The molecule has 0 saturated heterocycles.